The molecule has 0 unspecified atom stereocenters. The third-order valence-electron chi connectivity index (χ3n) is 3.12. The van der Waals surface area contributed by atoms with E-state index in [4.69, 9.17) is 4.74 Å². The van der Waals surface area contributed by atoms with Gasteiger partial charge in [-0.2, -0.15) is 5.10 Å². The quantitative estimate of drug-likeness (QED) is 0.570. The smallest absolute Gasteiger partial charge is 0.305 e. The molecule has 0 aliphatic heterocycles. The molecule has 2 heterocycles. The third kappa shape index (κ3) is 3.46. The molecule has 2 rings (SSSR count). The van der Waals surface area contributed by atoms with Crippen molar-refractivity contribution < 1.29 is 9.53 Å². The zero-order valence-corrected chi connectivity index (χ0v) is 11.6. The number of carbonyl (C=O) groups is 1. The maximum Gasteiger partial charge on any atom is 0.305 e. The van der Waals surface area contributed by atoms with Gasteiger partial charge in [-0.05, 0) is 25.8 Å². The van der Waals surface area contributed by atoms with Gasteiger partial charge in [0.2, 0.25) is 0 Å². The van der Waals surface area contributed by atoms with Crippen LogP contribution in [0.3, 0.4) is 0 Å². The summed E-state index contributed by atoms with van der Waals surface area (Å²) in [6, 6.07) is 1.71. The Bertz CT molecular complexity index is 630. The molecule has 0 saturated heterocycles. The van der Waals surface area contributed by atoms with E-state index in [9.17, 15) is 9.59 Å². The number of esters is 1. The number of ether oxygens (including phenoxy) is 1. The lowest BCUT2D eigenvalue weighted by Gasteiger charge is -2.06. The normalized spacial score (nSPS) is 10.8. The van der Waals surface area contributed by atoms with Crippen molar-refractivity contribution in [3.05, 3.63) is 35.0 Å². The molecule has 0 spiro atoms. The van der Waals surface area contributed by atoms with E-state index in [1.807, 2.05) is 0 Å². The lowest BCUT2D eigenvalue weighted by Crippen LogP contribution is -2.21. The third-order valence-corrected chi connectivity index (χ3v) is 3.12. The number of fused-ring (bicyclic) bond motifs is 1. The van der Waals surface area contributed by atoms with Crippen molar-refractivity contribution in [2.24, 2.45) is 0 Å². The number of aryl methyl sites for hydroxylation is 1. The molecule has 2 aromatic heterocycles. The summed E-state index contributed by atoms with van der Waals surface area (Å²) in [5.74, 6) is -0.148. The first-order valence-electron chi connectivity index (χ1n) is 6.91. The van der Waals surface area contributed by atoms with Gasteiger partial charge in [0, 0.05) is 25.4 Å². The first-order chi connectivity index (χ1) is 9.72. The summed E-state index contributed by atoms with van der Waals surface area (Å²) >= 11 is 0. The Hall–Kier alpha value is -2.11. The Morgan fingerprint density at radius 3 is 2.95 bits per heavy atom. The van der Waals surface area contributed by atoms with Crippen molar-refractivity contribution in [2.75, 3.05) is 6.61 Å². The predicted octanol–water partition coefficient (Wildman–Crippen LogP) is 1.62. The molecule has 108 valence electrons. The Morgan fingerprint density at radius 2 is 2.15 bits per heavy atom. The summed E-state index contributed by atoms with van der Waals surface area (Å²) in [6.07, 6.45) is 8.13. The molecule has 0 bridgehead atoms. The largest absolute Gasteiger partial charge is 0.466 e. The van der Waals surface area contributed by atoms with E-state index < -0.39 is 0 Å². The van der Waals surface area contributed by atoms with E-state index in [-0.39, 0.29) is 11.5 Å². The summed E-state index contributed by atoms with van der Waals surface area (Å²) in [4.78, 5) is 23.2. The fourth-order valence-electron chi connectivity index (χ4n) is 2.10. The van der Waals surface area contributed by atoms with Crippen LogP contribution < -0.4 is 5.56 Å². The fraction of sp³-hybridized carbons (Fsp3) is 0.500. The first kappa shape index (κ1) is 14.3. The van der Waals surface area contributed by atoms with Crippen LogP contribution in [-0.4, -0.2) is 26.8 Å². The van der Waals surface area contributed by atoms with Gasteiger partial charge in [0.05, 0.1) is 12.8 Å². The van der Waals surface area contributed by atoms with E-state index in [1.165, 1.54) is 0 Å². The van der Waals surface area contributed by atoms with Crippen molar-refractivity contribution in [1.82, 2.24) is 14.2 Å². The number of carbonyl (C=O) groups excluding carboxylic acids is 1. The molecule has 0 fully saturated rings. The molecule has 6 nitrogen and oxygen atoms in total. The minimum Gasteiger partial charge on any atom is -0.466 e. The zero-order valence-electron chi connectivity index (χ0n) is 11.6. The van der Waals surface area contributed by atoms with Gasteiger partial charge in [-0.25, -0.2) is 4.52 Å². The van der Waals surface area contributed by atoms with Crippen LogP contribution in [0.4, 0.5) is 0 Å². The number of aromatic nitrogens is 3. The molecule has 0 radical (unpaired) electrons. The number of unbranched alkanes of at least 4 members (excludes halogenated alkanes) is 2. The van der Waals surface area contributed by atoms with Crippen LogP contribution in [0.1, 0.15) is 32.6 Å². The standard InChI is InChI=1S/C14H19N3O3/c1-2-20-13(18)6-4-3-5-9-16-10-11-17-12(14(16)19)7-8-15-17/h7-8,10-11H,2-6,9H2,1H3. The molecular weight excluding hydrogens is 258 g/mol. The van der Waals surface area contributed by atoms with Crippen LogP contribution in [0.2, 0.25) is 0 Å². The summed E-state index contributed by atoms with van der Waals surface area (Å²) in [7, 11) is 0. The van der Waals surface area contributed by atoms with Crippen LogP contribution in [0.25, 0.3) is 5.52 Å². The molecule has 0 saturated carbocycles. The van der Waals surface area contributed by atoms with Gasteiger partial charge in [0.25, 0.3) is 5.56 Å². The van der Waals surface area contributed by atoms with Crippen LogP contribution in [0.5, 0.6) is 0 Å². The molecule has 0 aliphatic rings. The van der Waals surface area contributed by atoms with Crippen LogP contribution >= 0.6 is 0 Å². The highest BCUT2D eigenvalue weighted by Crippen LogP contribution is 2.03. The van der Waals surface area contributed by atoms with Crippen molar-refractivity contribution in [2.45, 2.75) is 39.2 Å². The Morgan fingerprint density at radius 1 is 1.30 bits per heavy atom. The van der Waals surface area contributed by atoms with Crippen LogP contribution in [0.15, 0.2) is 29.5 Å². The summed E-state index contributed by atoms with van der Waals surface area (Å²) in [6.45, 7) is 2.89. The number of hydrogen-bond donors (Lipinski definition) is 0. The zero-order chi connectivity index (χ0) is 14.4. The predicted molar refractivity (Wildman–Crippen MR) is 74.6 cm³/mol. The molecule has 0 amide bonds. The Kier molecular flexibility index (Phi) is 4.92. The van der Waals surface area contributed by atoms with Crippen molar-refractivity contribution in [3.63, 3.8) is 0 Å². The minimum absolute atomic E-state index is 0.0320. The Labute approximate surface area is 117 Å². The summed E-state index contributed by atoms with van der Waals surface area (Å²) in [5.41, 5.74) is 0.550. The van der Waals surface area contributed by atoms with E-state index >= 15 is 0 Å². The van der Waals surface area contributed by atoms with E-state index in [0.717, 1.165) is 19.3 Å². The average molecular weight is 277 g/mol. The highest BCUT2D eigenvalue weighted by molar-refractivity contribution is 5.69. The molecule has 0 aromatic carbocycles. The minimum atomic E-state index is -0.148. The van der Waals surface area contributed by atoms with E-state index in [2.05, 4.69) is 5.10 Å². The van der Waals surface area contributed by atoms with E-state index in [1.54, 1.807) is 40.7 Å². The van der Waals surface area contributed by atoms with Gasteiger partial charge >= 0.3 is 5.97 Å². The number of nitrogens with zero attached hydrogens (tertiary/aromatic N) is 3. The van der Waals surface area contributed by atoms with Crippen molar-refractivity contribution in [3.8, 4) is 0 Å². The lowest BCUT2D eigenvalue weighted by molar-refractivity contribution is -0.143. The van der Waals surface area contributed by atoms with Crippen molar-refractivity contribution in [1.29, 1.82) is 0 Å². The van der Waals surface area contributed by atoms with Crippen LogP contribution in [0, 0.1) is 0 Å². The maximum atomic E-state index is 12.1. The SMILES string of the molecule is CCOC(=O)CCCCCn1ccn2nccc2c1=O. The second-order valence-corrected chi connectivity index (χ2v) is 4.57. The second kappa shape index (κ2) is 6.88. The highest BCUT2D eigenvalue weighted by atomic mass is 16.5. The monoisotopic (exact) mass is 277 g/mol. The lowest BCUT2D eigenvalue weighted by atomic mass is 10.2. The molecule has 0 N–H and O–H groups in total. The summed E-state index contributed by atoms with van der Waals surface area (Å²) < 4.78 is 8.11. The van der Waals surface area contributed by atoms with Gasteiger partial charge in [-0.1, -0.05) is 6.42 Å². The molecule has 20 heavy (non-hydrogen) atoms. The molecule has 0 atom stereocenters. The molecular formula is C14H19N3O3. The topological polar surface area (TPSA) is 65.6 Å². The fourth-order valence-corrected chi connectivity index (χ4v) is 2.10. The average Bonchev–Trinajstić information content (AvgIpc) is 2.90. The van der Waals surface area contributed by atoms with Crippen molar-refractivity contribution >= 4 is 11.5 Å². The molecule has 6 heteroatoms. The van der Waals surface area contributed by atoms with Gasteiger partial charge in [0.15, 0.2) is 0 Å². The van der Waals surface area contributed by atoms with Gasteiger partial charge < -0.3 is 9.30 Å². The van der Waals surface area contributed by atoms with Gasteiger partial charge in [-0.3, -0.25) is 9.59 Å². The molecule has 2 aromatic rings. The van der Waals surface area contributed by atoms with E-state index in [0.29, 0.717) is 25.1 Å². The van der Waals surface area contributed by atoms with Gasteiger partial charge in [-0.15, -0.1) is 0 Å². The number of rotatable bonds is 7. The van der Waals surface area contributed by atoms with Crippen LogP contribution in [-0.2, 0) is 16.1 Å². The second-order valence-electron chi connectivity index (χ2n) is 4.57. The maximum absolute atomic E-state index is 12.1. The number of hydrogen-bond acceptors (Lipinski definition) is 4. The highest BCUT2D eigenvalue weighted by Gasteiger charge is 2.04. The van der Waals surface area contributed by atoms with Gasteiger partial charge in [0.1, 0.15) is 5.52 Å². The first-order valence-corrected chi connectivity index (χ1v) is 6.91. The molecule has 0 aliphatic carbocycles. The summed E-state index contributed by atoms with van der Waals surface area (Å²) in [5, 5.41) is 4.02. The Balaban J connectivity index is 1.80.